The molecule has 0 fully saturated rings. The summed E-state index contributed by atoms with van der Waals surface area (Å²) in [6, 6.07) is 23.0. The van der Waals surface area contributed by atoms with E-state index in [0.717, 1.165) is 16.7 Å². The average Bonchev–Trinajstić information content (AvgIpc) is 2.90. The maximum atomic E-state index is 13.4. The van der Waals surface area contributed by atoms with Crippen molar-refractivity contribution < 1.29 is 23.2 Å². The van der Waals surface area contributed by atoms with Crippen LogP contribution in [0, 0.1) is 6.92 Å². The van der Waals surface area contributed by atoms with E-state index in [1.54, 1.807) is 0 Å². The first-order chi connectivity index (χ1) is 17.8. The van der Waals surface area contributed by atoms with Gasteiger partial charge >= 0.3 is 6.03 Å². The summed E-state index contributed by atoms with van der Waals surface area (Å²) < 4.78 is 27.9. The van der Waals surface area contributed by atoms with Crippen molar-refractivity contribution in [2.75, 3.05) is 25.0 Å². The molecule has 0 spiro atoms. The van der Waals surface area contributed by atoms with Crippen LogP contribution in [0.2, 0.25) is 0 Å². The summed E-state index contributed by atoms with van der Waals surface area (Å²) in [7, 11) is -3.93. The molecule has 0 saturated carbocycles. The van der Waals surface area contributed by atoms with Crippen LogP contribution in [0.1, 0.15) is 23.1 Å². The molecule has 196 valence electrons. The number of nitrogens with one attached hydrogen (secondary N) is 3. The Kier molecular flexibility index (Phi) is 10.2. The zero-order chi connectivity index (χ0) is 26.7. The Bertz CT molecular complexity index is 1260. The number of amides is 3. The van der Waals surface area contributed by atoms with Crippen LogP contribution >= 0.6 is 0 Å². The Labute approximate surface area is 217 Å². The second-order valence-corrected chi connectivity index (χ2v) is 10.5. The van der Waals surface area contributed by atoms with Crippen molar-refractivity contribution in [1.82, 2.24) is 15.1 Å². The zero-order valence-corrected chi connectivity index (χ0v) is 21.5. The Hall–Kier alpha value is -3.73. The van der Waals surface area contributed by atoms with Gasteiger partial charge < -0.3 is 10.6 Å². The SMILES string of the molecule is Cc1ccc(CCN(CCC(=O)NO)S(=O)(=O)c2ccc(NC(=O)NCCc3ccccc3)cc2)cc1. The van der Waals surface area contributed by atoms with E-state index in [4.69, 9.17) is 5.21 Å². The fourth-order valence-electron chi connectivity index (χ4n) is 3.64. The predicted octanol–water partition coefficient (Wildman–Crippen LogP) is 3.49. The van der Waals surface area contributed by atoms with Crippen LogP contribution in [0.3, 0.4) is 0 Å². The van der Waals surface area contributed by atoms with E-state index >= 15 is 0 Å². The largest absolute Gasteiger partial charge is 0.338 e. The van der Waals surface area contributed by atoms with Crippen molar-refractivity contribution in [2.45, 2.75) is 31.1 Å². The molecule has 4 N–H and O–H groups in total. The van der Waals surface area contributed by atoms with Crippen LogP contribution in [-0.4, -0.2) is 49.5 Å². The highest BCUT2D eigenvalue weighted by atomic mass is 32.2. The first-order valence-corrected chi connectivity index (χ1v) is 13.4. The number of carbonyl (C=O) groups excluding carboxylic acids is 2. The molecule has 0 saturated heterocycles. The summed E-state index contributed by atoms with van der Waals surface area (Å²) >= 11 is 0. The van der Waals surface area contributed by atoms with Crippen LogP contribution in [0.5, 0.6) is 0 Å². The number of hydrogen-bond acceptors (Lipinski definition) is 5. The minimum Gasteiger partial charge on any atom is -0.338 e. The third-order valence-electron chi connectivity index (χ3n) is 5.78. The molecule has 0 heterocycles. The van der Waals surface area contributed by atoms with Crippen molar-refractivity contribution >= 4 is 27.6 Å². The predicted molar refractivity (Wildman–Crippen MR) is 142 cm³/mol. The molecule has 9 nitrogen and oxygen atoms in total. The number of sulfonamides is 1. The van der Waals surface area contributed by atoms with Gasteiger partial charge in [-0.25, -0.2) is 18.7 Å². The smallest absolute Gasteiger partial charge is 0.319 e. The van der Waals surface area contributed by atoms with E-state index in [1.165, 1.54) is 34.1 Å². The highest BCUT2D eigenvalue weighted by Crippen LogP contribution is 2.20. The van der Waals surface area contributed by atoms with Gasteiger partial charge in [-0.1, -0.05) is 60.2 Å². The number of rotatable bonds is 12. The van der Waals surface area contributed by atoms with E-state index in [-0.39, 0.29) is 30.4 Å². The maximum Gasteiger partial charge on any atom is 0.319 e. The molecular weight excluding hydrogens is 492 g/mol. The van der Waals surface area contributed by atoms with Gasteiger partial charge in [-0.05, 0) is 55.2 Å². The normalized spacial score (nSPS) is 11.2. The van der Waals surface area contributed by atoms with Gasteiger partial charge in [-0.2, -0.15) is 4.31 Å². The number of nitrogens with zero attached hydrogens (tertiary/aromatic N) is 1. The lowest BCUT2D eigenvalue weighted by Gasteiger charge is -2.22. The first-order valence-electron chi connectivity index (χ1n) is 12.0. The van der Waals surface area contributed by atoms with Crippen molar-refractivity contribution in [3.63, 3.8) is 0 Å². The molecule has 0 bridgehead atoms. The molecule has 0 aromatic heterocycles. The first kappa shape index (κ1) is 27.9. The van der Waals surface area contributed by atoms with Crippen molar-refractivity contribution in [3.05, 3.63) is 95.6 Å². The Morgan fingerprint density at radius 1 is 0.838 bits per heavy atom. The van der Waals surface area contributed by atoms with E-state index in [2.05, 4.69) is 10.6 Å². The summed E-state index contributed by atoms with van der Waals surface area (Å²) in [5, 5.41) is 14.3. The quantitative estimate of drug-likeness (QED) is 0.213. The third kappa shape index (κ3) is 8.71. The molecule has 0 aliphatic heterocycles. The van der Waals surface area contributed by atoms with E-state index < -0.39 is 15.9 Å². The summed E-state index contributed by atoms with van der Waals surface area (Å²) in [5.74, 6) is -0.673. The van der Waals surface area contributed by atoms with Gasteiger partial charge in [0.05, 0.1) is 4.90 Å². The number of aryl methyl sites for hydroxylation is 1. The van der Waals surface area contributed by atoms with Crippen LogP contribution in [0.25, 0.3) is 0 Å². The standard InChI is InChI=1S/C27H32N4O5S/c1-21-7-9-23(10-8-21)16-19-31(20-17-26(32)30-34)37(35,36)25-13-11-24(12-14-25)29-27(33)28-18-15-22-5-3-2-4-6-22/h2-14,34H,15-20H2,1H3,(H,30,32)(H2,28,29,33). The molecule has 3 amide bonds. The number of carbonyl (C=O) groups is 2. The minimum absolute atomic E-state index is 0.0378. The highest BCUT2D eigenvalue weighted by Gasteiger charge is 2.25. The number of urea groups is 1. The van der Waals surface area contributed by atoms with Gasteiger partial charge in [0.25, 0.3) is 0 Å². The molecule has 0 atom stereocenters. The fraction of sp³-hybridized carbons (Fsp3) is 0.259. The van der Waals surface area contributed by atoms with Gasteiger partial charge in [0.1, 0.15) is 0 Å². The Morgan fingerprint density at radius 2 is 1.49 bits per heavy atom. The number of hydroxylamine groups is 1. The number of anilines is 1. The lowest BCUT2D eigenvalue weighted by atomic mass is 10.1. The minimum atomic E-state index is -3.93. The van der Waals surface area contributed by atoms with Crippen molar-refractivity contribution in [3.8, 4) is 0 Å². The fourth-order valence-corrected chi connectivity index (χ4v) is 5.08. The Morgan fingerprint density at radius 3 is 2.14 bits per heavy atom. The average molecular weight is 525 g/mol. The number of benzene rings is 3. The van der Waals surface area contributed by atoms with Crippen LogP contribution in [0.15, 0.2) is 83.8 Å². The van der Waals surface area contributed by atoms with Gasteiger partial charge in [0.2, 0.25) is 15.9 Å². The van der Waals surface area contributed by atoms with Gasteiger partial charge in [0.15, 0.2) is 0 Å². The van der Waals surface area contributed by atoms with Crippen molar-refractivity contribution in [2.24, 2.45) is 0 Å². The summed E-state index contributed by atoms with van der Waals surface area (Å²) in [5.41, 5.74) is 5.16. The molecule has 0 radical (unpaired) electrons. The molecule has 37 heavy (non-hydrogen) atoms. The summed E-state index contributed by atoms with van der Waals surface area (Å²) in [6.07, 6.45) is 0.966. The van der Waals surface area contributed by atoms with E-state index in [0.29, 0.717) is 25.1 Å². The molecule has 3 aromatic carbocycles. The monoisotopic (exact) mass is 524 g/mol. The van der Waals surface area contributed by atoms with E-state index in [1.807, 2.05) is 61.5 Å². The van der Waals surface area contributed by atoms with Crippen molar-refractivity contribution in [1.29, 1.82) is 0 Å². The molecule has 0 aliphatic rings. The number of hydrogen-bond donors (Lipinski definition) is 4. The van der Waals surface area contributed by atoms with Crippen LogP contribution in [-0.2, 0) is 27.7 Å². The highest BCUT2D eigenvalue weighted by molar-refractivity contribution is 7.89. The van der Waals surface area contributed by atoms with Crippen LogP contribution in [0.4, 0.5) is 10.5 Å². The molecule has 3 rings (SSSR count). The topological polar surface area (TPSA) is 128 Å². The third-order valence-corrected chi connectivity index (χ3v) is 7.69. The van der Waals surface area contributed by atoms with Gasteiger partial charge in [0, 0.05) is 31.7 Å². The molecule has 0 unspecified atom stereocenters. The molecule has 3 aromatic rings. The van der Waals surface area contributed by atoms with Gasteiger partial charge in [-0.3, -0.25) is 10.0 Å². The van der Waals surface area contributed by atoms with Gasteiger partial charge in [-0.15, -0.1) is 0 Å². The second-order valence-electron chi connectivity index (χ2n) is 8.57. The molecular formula is C27H32N4O5S. The van der Waals surface area contributed by atoms with Crippen LogP contribution < -0.4 is 16.1 Å². The zero-order valence-electron chi connectivity index (χ0n) is 20.7. The summed E-state index contributed by atoms with van der Waals surface area (Å²) in [4.78, 5) is 23.8. The lowest BCUT2D eigenvalue weighted by molar-refractivity contribution is -0.129. The molecule has 0 aliphatic carbocycles. The summed E-state index contributed by atoms with van der Waals surface area (Å²) in [6.45, 7) is 2.50. The Balaban J connectivity index is 1.62. The lowest BCUT2D eigenvalue weighted by Crippen LogP contribution is -2.36. The molecule has 10 heteroatoms. The second kappa shape index (κ2) is 13.5. The van der Waals surface area contributed by atoms with E-state index in [9.17, 15) is 18.0 Å². The maximum absolute atomic E-state index is 13.4.